The molecule has 0 saturated carbocycles. The molecule has 1 aliphatic rings. The highest BCUT2D eigenvalue weighted by molar-refractivity contribution is 9.10. The summed E-state index contributed by atoms with van der Waals surface area (Å²) in [4.78, 5) is 10.8. The second kappa shape index (κ2) is 2.55. The van der Waals surface area contributed by atoms with Crippen LogP contribution in [0.15, 0.2) is 11.6 Å². The molecule has 0 amide bonds. The first kappa shape index (κ1) is 8.08. The van der Waals surface area contributed by atoms with E-state index in [9.17, 15) is 4.79 Å². The van der Waals surface area contributed by atoms with Crippen LogP contribution in [0.2, 0.25) is 0 Å². The number of esters is 1. The quantitative estimate of drug-likeness (QED) is 0.505. The minimum atomic E-state index is -1.09. The molecular formula is C6H6BrClO2. The molecule has 0 N–H and O–H groups in total. The SMILES string of the molecule is CCC1=CC(Cl)(Br)OC1=O. The molecule has 10 heavy (non-hydrogen) atoms. The molecule has 2 nitrogen and oxygen atoms in total. The lowest BCUT2D eigenvalue weighted by Gasteiger charge is -2.07. The number of alkyl halides is 2. The molecule has 56 valence electrons. The highest BCUT2D eigenvalue weighted by atomic mass is 79.9. The van der Waals surface area contributed by atoms with Gasteiger partial charge in [0.2, 0.25) is 0 Å². The highest BCUT2D eigenvalue weighted by Crippen LogP contribution is 2.35. The van der Waals surface area contributed by atoms with Crippen molar-refractivity contribution in [2.75, 3.05) is 0 Å². The summed E-state index contributed by atoms with van der Waals surface area (Å²) < 4.78 is 3.61. The number of carbonyl (C=O) groups is 1. The van der Waals surface area contributed by atoms with E-state index in [-0.39, 0.29) is 5.97 Å². The Bertz CT molecular complexity index is 198. The molecule has 1 atom stereocenters. The lowest BCUT2D eigenvalue weighted by Crippen LogP contribution is -2.10. The monoisotopic (exact) mass is 224 g/mol. The average molecular weight is 225 g/mol. The molecule has 4 heteroatoms. The van der Waals surface area contributed by atoms with E-state index in [1.807, 2.05) is 6.92 Å². The third-order valence-corrected chi connectivity index (χ3v) is 1.79. The first-order chi connectivity index (χ1) is 4.55. The Kier molecular flexibility index (Phi) is 2.06. The normalized spacial score (nSPS) is 31.9. The van der Waals surface area contributed by atoms with Gasteiger partial charge in [0.15, 0.2) is 0 Å². The molecule has 0 bridgehead atoms. The van der Waals surface area contributed by atoms with Crippen LogP contribution in [0.3, 0.4) is 0 Å². The molecule has 0 aromatic carbocycles. The molecule has 0 fully saturated rings. The molecule has 0 aromatic heterocycles. The van der Waals surface area contributed by atoms with Gasteiger partial charge in [-0.2, -0.15) is 0 Å². The van der Waals surface area contributed by atoms with Gasteiger partial charge in [0.05, 0.1) is 0 Å². The van der Waals surface area contributed by atoms with E-state index in [4.69, 9.17) is 16.3 Å². The van der Waals surface area contributed by atoms with Gasteiger partial charge in [-0.05, 0) is 28.4 Å². The molecular weight excluding hydrogens is 219 g/mol. The molecule has 0 radical (unpaired) electrons. The number of halogens is 2. The van der Waals surface area contributed by atoms with Crippen LogP contribution in [0.4, 0.5) is 0 Å². The van der Waals surface area contributed by atoms with Gasteiger partial charge in [-0.1, -0.05) is 18.5 Å². The highest BCUT2D eigenvalue weighted by Gasteiger charge is 2.34. The lowest BCUT2D eigenvalue weighted by atomic mass is 10.2. The Morgan fingerprint density at radius 2 is 2.50 bits per heavy atom. The number of ether oxygens (including phenoxy) is 1. The summed E-state index contributed by atoms with van der Waals surface area (Å²) in [6, 6.07) is 0. The maximum atomic E-state index is 10.8. The Morgan fingerprint density at radius 1 is 1.90 bits per heavy atom. The summed E-state index contributed by atoms with van der Waals surface area (Å²) in [5.74, 6) is -0.339. The van der Waals surface area contributed by atoms with Crippen molar-refractivity contribution in [1.82, 2.24) is 0 Å². The van der Waals surface area contributed by atoms with Crippen LogP contribution in [-0.2, 0) is 9.53 Å². The van der Waals surface area contributed by atoms with Gasteiger partial charge in [-0.15, -0.1) is 0 Å². The number of hydrogen-bond acceptors (Lipinski definition) is 2. The van der Waals surface area contributed by atoms with Gasteiger partial charge in [0.1, 0.15) is 0 Å². The molecule has 0 saturated heterocycles. The van der Waals surface area contributed by atoms with Crippen LogP contribution < -0.4 is 0 Å². The van der Waals surface area contributed by atoms with Gasteiger partial charge in [0, 0.05) is 5.57 Å². The fraction of sp³-hybridized carbons (Fsp3) is 0.500. The van der Waals surface area contributed by atoms with Crippen molar-refractivity contribution in [2.24, 2.45) is 0 Å². The van der Waals surface area contributed by atoms with Crippen molar-refractivity contribution < 1.29 is 9.53 Å². The zero-order chi connectivity index (χ0) is 7.78. The van der Waals surface area contributed by atoms with Crippen molar-refractivity contribution in [3.63, 3.8) is 0 Å². The molecule has 1 heterocycles. The molecule has 1 unspecified atom stereocenters. The largest absolute Gasteiger partial charge is 0.426 e. The van der Waals surface area contributed by atoms with Gasteiger partial charge >= 0.3 is 5.97 Å². The Balaban J connectivity index is 2.82. The van der Waals surface area contributed by atoms with E-state index in [2.05, 4.69) is 15.9 Å². The maximum absolute atomic E-state index is 10.8. The van der Waals surface area contributed by atoms with Crippen molar-refractivity contribution in [1.29, 1.82) is 0 Å². The fourth-order valence-corrected chi connectivity index (χ4v) is 1.35. The summed E-state index contributed by atoms with van der Waals surface area (Å²) in [5.41, 5.74) is 0.617. The zero-order valence-corrected chi connectivity index (χ0v) is 7.70. The van der Waals surface area contributed by atoms with Crippen molar-refractivity contribution in [3.8, 4) is 0 Å². The van der Waals surface area contributed by atoms with E-state index in [0.29, 0.717) is 12.0 Å². The van der Waals surface area contributed by atoms with Crippen LogP contribution in [0.1, 0.15) is 13.3 Å². The molecule has 0 aliphatic carbocycles. The van der Waals surface area contributed by atoms with Gasteiger partial charge in [-0.3, -0.25) is 0 Å². The van der Waals surface area contributed by atoms with Crippen LogP contribution >= 0.6 is 27.5 Å². The van der Waals surface area contributed by atoms with Gasteiger partial charge in [0.25, 0.3) is 3.97 Å². The van der Waals surface area contributed by atoms with E-state index in [0.717, 1.165) is 0 Å². The smallest absolute Gasteiger partial charge is 0.336 e. The summed E-state index contributed by atoms with van der Waals surface area (Å²) in [7, 11) is 0. The van der Waals surface area contributed by atoms with E-state index >= 15 is 0 Å². The van der Waals surface area contributed by atoms with Crippen LogP contribution in [0, 0.1) is 0 Å². The number of hydrogen-bond donors (Lipinski definition) is 0. The minimum absolute atomic E-state index is 0.339. The van der Waals surface area contributed by atoms with Crippen LogP contribution in [-0.4, -0.2) is 9.94 Å². The Labute approximate surface area is 72.3 Å². The summed E-state index contributed by atoms with van der Waals surface area (Å²) in [6.45, 7) is 1.87. The van der Waals surface area contributed by atoms with Crippen molar-refractivity contribution in [3.05, 3.63) is 11.6 Å². The lowest BCUT2D eigenvalue weighted by molar-refractivity contribution is -0.138. The molecule has 0 aromatic rings. The first-order valence-electron chi connectivity index (χ1n) is 2.88. The van der Waals surface area contributed by atoms with E-state index in [1.165, 1.54) is 0 Å². The molecule has 1 aliphatic heterocycles. The van der Waals surface area contributed by atoms with Crippen LogP contribution in [0.5, 0.6) is 0 Å². The summed E-state index contributed by atoms with van der Waals surface area (Å²) in [5, 5.41) is 0. The Morgan fingerprint density at radius 3 is 2.70 bits per heavy atom. The summed E-state index contributed by atoms with van der Waals surface area (Å²) >= 11 is 8.64. The predicted octanol–water partition coefficient (Wildman–Crippen LogP) is 2.17. The van der Waals surface area contributed by atoms with Gasteiger partial charge in [-0.25, -0.2) is 4.79 Å². The Hall–Kier alpha value is -0.0200. The first-order valence-corrected chi connectivity index (χ1v) is 4.05. The standard InChI is InChI=1S/C6H6BrClO2/c1-2-4-3-6(7,8)10-5(4)9/h3H,2H2,1H3. The summed E-state index contributed by atoms with van der Waals surface area (Å²) in [6.07, 6.45) is 2.22. The third kappa shape index (κ3) is 1.52. The zero-order valence-electron chi connectivity index (χ0n) is 5.36. The average Bonchev–Trinajstić information content (AvgIpc) is 2.05. The third-order valence-electron chi connectivity index (χ3n) is 1.21. The van der Waals surface area contributed by atoms with Gasteiger partial charge < -0.3 is 4.74 Å². The number of cyclic esters (lactones) is 1. The second-order valence-electron chi connectivity index (χ2n) is 1.97. The van der Waals surface area contributed by atoms with E-state index < -0.39 is 3.97 Å². The molecule has 0 spiro atoms. The number of carbonyl (C=O) groups excluding carboxylic acids is 1. The second-order valence-corrected chi connectivity index (χ2v) is 4.17. The maximum Gasteiger partial charge on any atom is 0.336 e. The predicted molar refractivity (Wildman–Crippen MR) is 42.0 cm³/mol. The van der Waals surface area contributed by atoms with Crippen LogP contribution in [0.25, 0.3) is 0 Å². The fourth-order valence-electron chi connectivity index (χ4n) is 0.727. The van der Waals surface area contributed by atoms with E-state index in [1.54, 1.807) is 6.08 Å². The van der Waals surface area contributed by atoms with Crippen molar-refractivity contribution >= 4 is 33.5 Å². The van der Waals surface area contributed by atoms with Crippen molar-refractivity contribution in [2.45, 2.75) is 17.3 Å². The minimum Gasteiger partial charge on any atom is -0.426 e. The topological polar surface area (TPSA) is 26.3 Å². The number of rotatable bonds is 1. The molecule has 1 rings (SSSR count).